The minimum absolute atomic E-state index is 0.266. The van der Waals surface area contributed by atoms with Gasteiger partial charge in [0.2, 0.25) is 0 Å². The predicted octanol–water partition coefficient (Wildman–Crippen LogP) is 2.31. The van der Waals surface area contributed by atoms with Crippen molar-refractivity contribution in [1.82, 2.24) is 24.1 Å². The van der Waals surface area contributed by atoms with Crippen LogP contribution in [0, 0.1) is 5.92 Å². The molecular weight excluding hydrogens is 266 g/mol. The summed E-state index contributed by atoms with van der Waals surface area (Å²) in [5.74, 6) is 0.745. The summed E-state index contributed by atoms with van der Waals surface area (Å²) < 4.78 is 9.70. The Bertz CT molecular complexity index is 784. The molecule has 1 saturated carbocycles. The van der Waals surface area contributed by atoms with Crippen molar-refractivity contribution in [3.05, 3.63) is 30.9 Å². The fourth-order valence-electron chi connectivity index (χ4n) is 2.75. The molecule has 3 aromatic rings. The van der Waals surface area contributed by atoms with Gasteiger partial charge in [-0.2, -0.15) is 10.1 Å². The van der Waals surface area contributed by atoms with Crippen LogP contribution >= 0.6 is 0 Å². The molecule has 0 spiro atoms. The lowest BCUT2D eigenvalue weighted by Gasteiger charge is -2.32. The Balaban J connectivity index is 1.75. The lowest BCUT2D eigenvalue weighted by molar-refractivity contribution is 0.0637. The molecule has 0 aromatic carbocycles. The number of hydrogen-bond acceptors (Lipinski definition) is 4. The molecule has 21 heavy (non-hydrogen) atoms. The van der Waals surface area contributed by atoms with Crippen LogP contribution in [-0.4, -0.2) is 30.3 Å². The van der Waals surface area contributed by atoms with Gasteiger partial charge in [0.05, 0.1) is 11.9 Å². The molecule has 1 aliphatic rings. The molecule has 3 heterocycles. The second-order valence-electron chi connectivity index (χ2n) is 5.80. The van der Waals surface area contributed by atoms with Gasteiger partial charge in [0.1, 0.15) is 11.8 Å². The molecule has 1 fully saturated rings. The molecule has 0 saturated heterocycles. The van der Waals surface area contributed by atoms with Crippen LogP contribution in [0.15, 0.2) is 30.9 Å². The Kier molecular flexibility index (Phi) is 2.70. The largest absolute Gasteiger partial charge is 0.461 e. The van der Waals surface area contributed by atoms with Crippen LogP contribution in [0.4, 0.5) is 0 Å². The highest BCUT2D eigenvalue weighted by Crippen LogP contribution is 2.31. The zero-order valence-electron chi connectivity index (χ0n) is 12.1. The van der Waals surface area contributed by atoms with Gasteiger partial charge >= 0.3 is 6.01 Å². The third-order valence-electron chi connectivity index (χ3n) is 3.96. The second-order valence-corrected chi connectivity index (χ2v) is 5.80. The number of rotatable bonds is 3. The van der Waals surface area contributed by atoms with Crippen molar-refractivity contribution >= 4 is 5.65 Å². The highest BCUT2D eigenvalue weighted by atomic mass is 16.5. The van der Waals surface area contributed by atoms with Crippen LogP contribution in [0.2, 0.25) is 0 Å². The van der Waals surface area contributed by atoms with Crippen molar-refractivity contribution in [3.63, 3.8) is 0 Å². The van der Waals surface area contributed by atoms with E-state index < -0.39 is 0 Å². The van der Waals surface area contributed by atoms with Gasteiger partial charge in [0, 0.05) is 37.3 Å². The third-order valence-corrected chi connectivity index (χ3v) is 3.96. The maximum Gasteiger partial charge on any atom is 0.303 e. The molecule has 1 aliphatic carbocycles. The second kappa shape index (κ2) is 4.58. The Morgan fingerprint density at radius 3 is 2.90 bits per heavy atom. The van der Waals surface area contributed by atoms with Crippen molar-refractivity contribution in [2.45, 2.75) is 25.9 Å². The van der Waals surface area contributed by atoms with E-state index in [2.05, 4.69) is 22.0 Å². The number of hydrogen-bond donors (Lipinski definition) is 0. The van der Waals surface area contributed by atoms with Crippen LogP contribution in [-0.2, 0) is 7.05 Å². The summed E-state index contributed by atoms with van der Waals surface area (Å²) in [5, 5.41) is 4.20. The predicted molar refractivity (Wildman–Crippen MR) is 78.0 cm³/mol. The molecule has 108 valence electrons. The van der Waals surface area contributed by atoms with E-state index in [1.165, 1.54) is 0 Å². The molecule has 0 amide bonds. The van der Waals surface area contributed by atoms with Gasteiger partial charge in [-0.3, -0.25) is 9.08 Å². The van der Waals surface area contributed by atoms with E-state index >= 15 is 0 Å². The van der Waals surface area contributed by atoms with E-state index in [1.54, 1.807) is 17.1 Å². The van der Waals surface area contributed by atoms with Gasteiger partial charge in [-0.15, -0.1) is 0 Å². The molecule has 0 unspecified atom stereocenters. The summed E-state index contributed by atoms with van der Waals surface area (Å²) in [4.78, 5) is 9.01. The Labute approximate surface area is 122 Å². The van der Waals surface area contributed by atoms with Crippen molar-refractivity contribution in [1.29, 1.82) is 0 Å². The SMILES string of the molecule is CC1CC(Oc2nc(-c3cnn(C)c3)cc3nccn23)C1. The lowest BCUT2D eigenvalue weighted by atomic mass is 9.84. The van der Waals surface area contributed by atoms with Gasteiger partial charge in [-0.25, -0.2) is 4.98 Å². The van der Waals surface area contributed by atoms with Crippen LogP contribution in [0.1, 0.15) is 19.8 Å². The Morgan fingerprint density at radius 1 is 1.33 bits per heavy atom. The van der Waals surface area contributed by atoms with Crippen LogP contribution in [0.5, 0.6) is 6.01 Å². The van der Waals surface area contributed by atoms with Crippen LogP contribution < -0.4 is 4.74 Å². The molecular formula is C15H17N5O. The monoisotopic (exact) mass is 283 g/mol. The maximum atomic E-state index is 6.05. The van der Waals surface area contributed by atoms with Gasteiger partial charge in [-0.1, -0.05) is 6.92 Å². The topological polar surface area (TPSA) is 57.2 Å². The first kappa shape index (κ1) is 12.4. The minimum atomic E-state index is 0.266. The Morgan fingerprint density at radius 2 is 2.19 bits per heavy atom. The van der Waals surface area contributed by atoms with E-state index in [0.717, 1.165) is 35.7 Å². The molecule has 0 atom stereocenters. The number of ether oxygens (including phenoxy) is 1. The normalized spacial score (nSPS) is 21.4. The average molecular weight is 283 g/mol. The summed E-state index contributed by atoms with van der Waals surface area (Å²) >= 11 is 0. The average Bonchev–Trinajstić information content (AvgIpc) is 3.05. The molecule has 0 radical (unpaired) electrons. The first-order valence-electron chi connectivity index (χ1n) is 7.19. The van der Waals surface area contributed by atoms with Gasteiger partial charge in [0.25, 0.3) is 0 Å². The first-order chi connectivity index (χ1) is 10.2. The smallest absolute Gasteiger partial charge is 0.303 e. The van der Waals surface area contributed by atoms with E-state index in [4.69, 9.17) is 4.74 Å². The number of aryl methyl sites for hydroxylation is 1. The maximum absolute atomic E-state index is 6.05. The number of aromatic nitrogens is 5. The van der Waals surface area contributed by atoms with Gasteiger partial charge < -0.3 is 4.74 Å². The van der Waals surface area contributed by atoms with E-state index in [-0.39, 0.29) is 6.10 Å². The fraction of sp³-hybridized carbons (Fsp3) is 0.400. The summed E-state index contributed by atoms with van der Waals surface area (Å²) in [7, 11) is 1.89. The fourth-order valence-corrected chi connectivity index (χ4v) is 2.75. The zero-order valence-corrected chi connectivity index (χ0v) is 12.1. The number of nitrogens with zero attached hydrogens (tertiary/aromatic N) is 5. The summed E-state index contributed by atoms with van der Waals surface area (Å²) in [6.45, 7) is 2.24. The minimum Gasteiger partial charge on any atom is -0.461 e. The van der Waals surface area contributed by atoms with Crippen molar-refractivity contribution in [2.24, 2.45) is 13.0 Å². The van der Waals surface area contributed by atoms with Crippen molar-refractivity contribution in [2.75, 3.05) is 0 Å². The molecule has 6 heteroatoms. The first-order valence-corrected chi connectivity index (χ1v) is 7.19. The molecule has 3 aromatic heterocycles. The zero-order chi connectivity index (χ0) is 14.4. The highest BCUT2D eigenvalue weighted by Gasteiger charge is 2.28. The highest BCUT2D eigenvalue weighted by molar-refractivity contribution is 5.62. The standard InChI is InChI=1S/C15H17N5O/c1-10-5-12(6-10)21-15-18-13(11-8-17-19(2)9-11)7-14-16-3-4-20(14)15/h3-4,7-10,12H,5-6H2,1-2H3. The molecule has 6 nitrogen and oxygen atoms in total. The van der Waals surface area contributed by atoms with Crippen LogP contribution in [0.3, 0.4) is 0 Å². The quantitative estimate of drug-likeness (QED) is 0.740. The van der Waals surface area contributed by atoms with E-state index in [0.29, 0.717) is 6.01 Å². The molecule has 0 N–H and O–H groups in total. The third kappa shape index (κ3) is 2.16. The van der Waals surface area contributed by atoms with Crippen LogP contribution in [0.25, 0.3) is 16.9 Å². The summed E-state index contributed by atoms with van der Waals surface area (Å²) in [6.07, 6.45) is 9.84. The van der Waals surface area contributed by atoms with Gasteiger partial charge in [0.15, 0.2) is 0 Å². The molecule has 4 rings (SSSR count). The number of fused-ring (bicyclic) bond motifs is 1. The lowest BCUT2D eigenvalue weighted by Crippen LogP contribution is -2.32. The van der Waals surface area contributed by atoms with Gasteiger partial charge in [-0.05, 0) is 18.8 Å². The van der Waals surface area contributed by atoms with Crippen molar-refractivity contribution in [3.8, 4) is 17.3 Å². The van der Waals surface area contributed by atoms with E-state index in [1.807, 2.05) is 29.9 Å². The summed E-state index contributed by atoms with van der Waals surface area (Å²) in [5.41, 5.74) is 2.64. The molecule has 0 bridgehead atoms. The molecule has 0 aliphatic heterocycles. The summed E-state index contributed by atoms with van der Waals surface area (Å²) in [6, 6.07) is 2.56. The number of imidazole rings is 1. The van der Waals surface area contributed by atoms with Crippen molar-refractivity contribution < 1.29 is 4.74 Å². The Hall–Kier alpha value is -2.37. The van der Waals surface area contributed by atoms with E-state index in [9.17, 15) is 0 Å².